The number of carbonyl (C=O) groups is 1. The lowest BCUT2D eigenvalue weighted by atomic mass is 9.97. The van der Waals surface area contributed by atoms with Crippen LogP contribution in [-0.4, -0.2) is 37.5 Å². The zero-order valence-corrected chi connectivity index (χ0v) is 16.1. The molecule has 0 bridgehead atoms. The molecule has 1 rings (SSSR count). The minimum atomic E-state index is -4.64. The molecule has 1 amide bonds. The summed E-state index contributed by atoms with van der Waals surface area (Å²) in [6, 6.07) is 4.61. The molecule has 144 valence electrons. The highest BCUT2D eigenvalue weighted by molar-refractivity contribution is 5.85. The van der Waals surface area contributed by atoms with E-state index in [9.17, 15) is 18.0 Å². The highest BCUT2D eigenvalue weighted by Gasteiger charge is 2.36. The monoisotopic (exact) mass is 369 g/mol. The second-order valence-corrected chi connectivity index (χ2v) is 7.31. The molecular weight excluding hydrogens is 343 g/mol. The Bertz CT molecular complexity index is 676. The lowest BCUT2D eigenvalue weighted by Crippen LogP contribution is -2.51. The number of rotatable bonds is 6. The number of alkyl halides is 3. The van der Waals surface area contributed by atoms with Crippen molar-refractivity contribution < 1.29 is 18.0 Å². The average molecular weight is 369 g/mol. The quantitative estimate of drug-likeness (QED) is 0.757. The minimum Gasteiger partial charge on any atom is -0.359 e. The van der Waals surface area contributed by atoms with Crippen molar-refractivity contribution in [3.8, 4) is 6.07 Å². The van der Waals surface area contributed by atoms with Gasteiger partial charge < -0.3 is 9.80 Å². The standard InChI is InChI=1S/C19H26F3N3O/c1-12(2)11-25(17(13(3)4)18(26)24(5)6)15-8-7-14(10-23)16(9-15)19(20,21)22/h7-9,12-13,17H,11H2,1-6H3/t17-/m0/s1. The van der Waals surface area contributed by atoms with Crippen LogP contribution in [0.2, 0.25) is 0 Å². The molecule has 0 aliphatic rings. The van der Waals surface area contributed by atoms with Crippen LogP contribution in [0.15, 0.2) is 18.2 Å². The van der Waals surface area contributed by atoms with Crippen LogP contribution in [-0.2, 0) is 11.0 Å². The van der Waals surface area contributed by atoms with Crippen LogP contribution in [0.5, 0.6) is 0 Å². The molecule has 7 heteroatoms. The molecule has 0 fully saturated rings. The molecule has 0 saturated carbocycles. The minimum absolute atomic E-state index is 0.103. The van der Waals surface area contributed by atoms with Gasteiger partial charge in [-0.3, -0.25) is 4.79 Å². The molecule has 1 aromatic carbocycles. The predicted octanol–water partition coefficient (Wildman–Crippen LogP) is 4.15. The van der Waals surface area contributed by atoms with E-state index < -0.39 is 23.3 Å². The summed E-state index contributed by atoms with van der Waals surface area (Å²) in [5, 5.41) is 8.99. The lowest BCUT2D eigenvalue weighted by Gasteiger charge is -2.38. The smallest absolute Gasteiger partial charge is 0.359 e. The topological polar surface area (TPSA) is 47.3 Å². The van der Waals surface area contributed by atoms with Crippen molar-refractivity contribution in [1.82, 2.24) is 4.90 Å². The summed E-state index contributed by atoms with van der Waals surface area (Å²) in [6.07, 6.45) is -4.64. The molecular formula is C19H26F3N3O. The van der Waals surface area contributed by atoms with Crippen molar-refractivity contribution in [3.05, 3.63) is 29.3 Å². The number of carbonyl (C=O) groups excluding carboxylic acids is 1. The molecule has 0 aromatic heterocycles. The van der Waals surface area contributed by atoms with Crippen molar-refractivity contribution in [3.63, 3.8) is 0 Å². The van der Waals surface area contributed by atoms with E-state index in [1.54, 1.807) is 25.1 Å². The summed E-state index contributed by atoms with van der Waals surface area (Å²) < 4.78 is 40.0. The van der Waals surface area contributed by atoms with Crippen LogP contribution in [0, 0.1) is 23.2 Å². The van der Waals surface area contributed by atoms with Crippen molar-refractivity contribution in [1.29, 1.82) is 5.26 Å². The van der Waals surface area contributed by atoms with Gasteiger partial charge in [0.15, 0.2) is 0 Å². The third-order valence-electron chi connectivity index (χ3n) is 3.98. The zero-order chi connectivity index (χ0) is 20.2. The fraction of sp³-hybridized carbons (Fsp3) is 0.579. The lowest BCUT2D eigenvalue weighted by molar-refractivity contribution is -0.137. The van der Waals surface area contributed by atoms with E-state index in [-0.39, 0.29) is 17.7 Å². The van der Waals surface area contributed by atoms with E-state index >= 15 is 0 Å². The van der Waals surface area contributed by atoms with Gasteiger partial charge in [0.1, 0.15) is 6.04 Å². The summed E-state index contributed by atoms with van der Waals surface area (Å²) in [7, 11) is 3.26. The van der Waals surface area contributed by atoms with E-state index in [4.69, 9.17) is 5.26 Å². The Labute approximate surface area is 153 Å². The maximum atomic E-state index is 13.3. The number of nitrogens with zero attached hydrogens (tertiary/aromatic N) is 3. The molecule has 0 N–H and O–H groups in total. The zero-order valence-electron chi connectivity index (χ0n) is 16.1. The van der Waals surface area contributed by atoms with Gasteiger partial charge in [0.05, 0.1) is 17.2 Å². The summed E-state index contributed by atoms with van der Waals surface area (Å²) in [6.45, 7) is 8.05. The van der Waals surface area contributed by atoms with Crippen LogP contribution in [0.4, 0.5) is 18.9 Å². The van der Waals surface area contributed by atoms with Crippen LogP contribution in [0.1, 0.15) is 38.8 Å². The van der Waals surface area contributed by atoms with E-state index in [2.05, 4.69) is 0 Å². The van der Waals surface area contributed by atoms with Gasteiger partial charge in [-0.1, -0.05) is 27.7 Å². The molecule has 0 radical (unpaired) electrons. The Hall–Kier alpha value is -2.23. The van der Waals surface area contributed by atoms with Gasteiger partial charge in [-0.05, 0) is 30.0 Å². The number of benzene rings is 1. The maximum Gasteiger partial charge on any atom is 0.417 e. The molecule has 26 heavy (non-hydrogen) atoms. The van der Waals surface area contributed by atoms with Gasteiger partial charge in [0.2, 0.25) is 5.91 Å². The van der Waals surface area contributed by atoms with E-state index in [1.165, 1.54) is 17.0 Å². The molecule has 0 heterocycles. The molecule has 1 aromatic rings. The van der Waals surface area contributed by atoms with E-state index in [1.807, 2.05) is 27.7 Å². The Morgan fingerprint density at radius 3 is 2.15 bits per heavy atom. The maximum absolute atomic E-state index is 13.3. The highest BCUT2D eigenvalue weighted by Crippen LogP contribution is 2.35. The average Bonchev–Trinajstić information content (AvgIpc) is 2.51. The van der Waals surface area contributed by atoms with Crippen molar-refractivity contribution in [2.24, 2.45) is 11.8 Å². The number of nitriles is 1. The van der Waals surface area contributed by atoms with Crippen LogP contribution in [0.3, 0.4) is 0 Å². The first kappa shape index (κ1) is 21.8. The second kappa shape index (κ2) is 8.43. The number of likely N-dealkylation sites (N-methyl/N-ethyl adjacent to an activating group) is 1. The fourth-order valence-electron chi connectivity index (χ4n) is 2.86. The molecule has 0 spiro atoms. The molecule has 0 saturated heterocycles. The van der Waals surface area contributed by atoms with Crippen LogP contribution in [0.25, 0.3) is 0 Å². The first-order valence-corrected chi connectivity index (χ1v) is 8.49. The van der Waals surface area contributed by atoms with Gasteiger partial charge in [-0.2, -0.15) is 18.4 Å². The molecule has 4 nitrogen and oxygen atoms in total. The van der Waals surface area contributed by atoms with Crippen molar-refractivity contribution in [2.75, 3.05) is 25.5 Å². The Morgan fingerprint density at radius 2 is 1.77 bits per heavy atom. The SMILES string of the molecule is CC(C)CN(c1ccc(C#N)c(C(F)(F)F)c1)[C@H](C(=O)N(C)C)C(C)C. The third-order valence-corrected chi connectivity index (χ3v) is 3.98. The van der Waals surface area contributed by atoms with Crippen molar-refractivity contribution >= 4 is 11.6 Å². The number of amides is 1. The molecule has 0 aliphatic heterocycles. The fourth-order valence-corrected chi connectivity index (χ4v) is 2.86. The normalized spacial score (nSPS) is 12.8. The number of halogens is 3. The van der Waals surface area contributed by atoms with Gasteiger partial charge in [-0.15, -0.1) is 0 Å². The summed E-state index contributed by atoms with van der Waals surface area (Å²) >= 11 is 0. The number of hydrogen-bond acceptors (Lipinski definition) is 3. The Morgan fingerprint density at radius 1 is 1.19 bits per heavy atom. The summed E-state index contributed by atoms with van der Waals surface area (Å²) in [5.74, 6) is -0.136. The Kier molecular flexibility index (Phi) is 7.08. The molecule has 0 aliphatic carbocycles. The van der Waals surface area contributed by atoms with E-state index in [0.29, 0.717) is 12.2 Å². The molecule has 0 unspecified atom stereocenters. The van der Waals surface area contributed by atoms with Crippen LogP contribution < -0.4 is 4.90 Å². The van der Waals surface area contributed by atoms with Gasteiger partial charge in [0, 0.05) is 26.3 Å². The van der Waals surface area contributed by atoms with Gasteiger partial charge >= 0.3 is 6.18 Å². The molecule has 1 atom stereocenters. The predicted molar refractivity (Wildman–Crippen MR) is 95.7 cm³/mol. The van der Waals surface area contributed by atoms with Crippen LogP contribution >= 0.6 is 0 Å². The first-order chi connectivity index (χ1) is 11.9. The number of hydrogen-bond donors (Lipinski definition) is 0. The van der Waals surface area contributed by atoms with Crippen molar-refractivity contribution in [2.45, 2.75) is 39.9 Å². The van der Waals surface area contributed by atoms with Gasteiger partial charge in [-0.25, -0.2) is 0 Å². The summed E-state index contributed by atoms with van der Waals surface area (Å²) in [4.78, 5) is 15.9. The first-order valence-electron chi connectivity index (χ1n) is 8.49. The Balaban J connectivity index is 3.54. The largest absolute Gasteiger partial charge is 0.417 e. The summed E-state index contributed by atoms with van der Waals surface area (Å²) in [5.41, 5.74) is -1.12. The van der Waals surface area contributed by atoms with E-state index in [0.717, 1.165) is 6.07 Å². The number of anilines is 1. The van der Waals surface area contributed by atoms with Gasteiger partial charge in [0.25, 0.3) is 0 Å². The second-order valence-electron chi connectivity index (χ2n) is 7.31. The third kappa shape index (κ3) is 5.13. The highest BCUT2D eigenvalue weighted by atomic mass is 19.4.